The van der Waals surface area contributed by atoms with E-state index < -0.39 is 0 Å². The number of benzene rings is 1. The molecule has 1 rings (SSSR count). The highest BCUT2D eigenvalue weighted by Gasteiger charge is 2.03. The second kappa shape index (κ2) is 4.47. The zero-order chi connectivity index (χ0) is 9.84. The monoisotopic (exact) mass is 239 g/mol. The second-order valence-electron chi connectivity index (χ2n) is 2.92. The van der Waals surface area contributed by atoms with Crippen molar-refractivity contribution < 1.29 is 0 Å². The van der Waals surface area contributed by atoms with Crippen LogP contribution < -0.4 is 4.90 Å². The molecule has 0 saturated carbocycles. The van der Waals surface area contributed by atoms with Crippen molar-refractivity contribution in [1.82, 2.24) is 0 Å². The van der Waals surface area contributed by atoms with Crippen LogP contribution in [0.3, 0.4) is 0 Å². The van der Waals surface area contributed by atoms with Crippen LogP contribution in [0.1, 0.15) is 12.5 Å². The number of nitrogens with zero attached hydrogens (tertiary/aromatic N) is 1. The smallest absolute Gasteiger partial charge is 0.0437 e. The second-order valence-corrected chi connectivity index (χ2v) is 3.84. The molecule has 0 radical (unpaired) electrons. The Labute approximate surface area is 88.2 Å². The lowest BCUT2D eigenvalue weighted by atomic mass is 10.1. The van der Waals surface area contributed by atoms with Gasteiger partial charge in [0.15, 0.2) is 0 Å². The summed E-state index contributed by atoms with van der Waals surface area (Å²) in [6.45, 7) is 6.94. The molecule has 2 heteroatoms. The molecule has 0 spiro atoms. The average Bonchev–Trinajstić information content (AvgIpc) is 2.16. The highest BCUT2D eigenvalue weighted by atomic mass is 79.9. The van der Waals surface area contributed by atoms with E-state index in [-0.39, 0.29) is 0 Å². The van der Waals surface area contributed by atoms with Crippen LogP contribution in [0.2, 0.25) is 0 Å². The van der Waals surface area contributed by atoms with Crippen LogP contribution in [0.25, 0.3) is 6.08 Å². The molecule has 70 valence electrons. The molecule has 0 aliphatic rings. The van der Waals surface area contributed by atoms with Crippen molar-refractivity contribution in [3.63, 3.8) is 0 Å². The van der Waals surface area contributed by atoms with Gasteiger partial charge in [0.1, 0.15) is 0 Å². The van der Waals surface area contributed by atoms with E-state index in [0.717, 1.165) is 11.0 Å². The number of rotatable bonds is 3. The summed E-state index contributed by atoms with van der Waals surface area (Å²) in [6.07, 6.45) is 1.88. The van der Waals surface area contributed by atoms with Gasteiger partial charge < -0.3 is 4.90 Å². The van der Waals surface area contributed by atoms with Gasteiger partial charge in [-0.1, -0.05) is 28.6 Å². The molecule has 0 bridgehead atoms. The van der Waals surface area contributed by atoms with Crippen molar-refractivity contribution in [3.8, 4) is 0 Å². The maximum absolute atomic E-state index is 3.80. The third-order valence-corrected chi connectivity index (χ3v) is 2.59. The first-order valence-electron chi connectivity index (χ1n) is 4.32. The van der Waals surface area contributed by atoms with Gasteiger partial charge in [0.05, 0.1) is 0 Å². The molecule has 1 aromatic carbocycles. The predicted octanol–water partition coefficient (Wildman–Crippen LogP) is 3.55. The van der Waals surface area contributed by atoms with Crippen LogP contribution in [0.15, 0.2) is 29.3 Å². The van der Waals surface area contributed by atoms with Crippen molar-refractivity contribution in [2.45, 2.75) is 6.92 Å². The SMILES string of the molecule is C=Cc1cc(Br)ccc1N(C)CC. The van der Waals surface area contributed by atoms with E-state index in [1.165, 1.54) is 11.3 Å². The fourth-order valence-corrected chi connectivity index (χ4v) is 1.59. The summed E-state index contributed by atoms with van der Waals surface area (Å²) < 4.78 is 1.09. The third-order valence-electron chi connectivity index (χ3n) is 2.10. The standard InChI is InChI=1S/C11H14BrN/c1-4-9-8-10(12)6-7-11(9)13(3)5-2/h4,6-8H,1,5H2,2-3H3. The molecule has 0 unspecified atom stereocenters. The van der Waals surface area contributed by atoms with Crippen LogP contribution in [-0.2, 0) is 0 Å². The summed E-state index contributed by atoms with van der Waals surface area (Å²) in [5, 5.41) is 0. The Morgan fingerprint density at radius 2 is 2.23 bits per heavy atom. The number of halogens is 1. The fraction of sp³-hybridized carbons (Fsp3) is 0.273. The normalized spacial score (nSPS) is 9.77. The van der Waals surface area contributed by atoms with Gasteiger partial charge in [0, 0.05) is 23.8 Å². The van der Waals surface area contributed by atoms with Crippen LogP contribution >= 0.6 is 15.9 Å². The summed E-state index contributed by atoms with van der Waals surface area (Å²) in [7, 11) is 2.08. The first-order valence-corrected chi connectivity index (χ1v) is 5.11. The fourth-order valence-electron chi connectivity index (χ4n) is 1.21. The molecule has 13 heavy (non-hydrogen) atoms. The molecule has 0 heterocycles. The molecule has 1 aromatic rings. The summed E-state index contributed by atoms with van der Waals surface area (Å²) >= 11 is 3.44. The van der Waals surface area contributed by atoms with Gasteiger partial charge in [0.2, 0.25) is 0 Å². The minimum Gasteiger partial charge on any atom is -0.374 e. The zero-order valence-corrected chi connectivity index (χ0v) is 9.63. The molecule has 0 aliphatic heterocycles. The van der Waals surface area contributed by atoms with Gasteiger partial charge >= 0.3 is 0 Å². The molecule has 0 aromatic heterocycles. The Bertz CT molecular complexity index is 307. The van der Waals surface area contributed by atoms with Crippen LogP contribution in [-0.4, -0.2) is 13.6 Å². The van der Waals surface area contributed by atoms with E-state index in [9.17, 15) is 0 Å². The van der Waals surface area contributed by atoms with Crippen LogP contribution in [0.5, 0.6) is 0 Å². The summed E-state index contributed by atoms with van der Waals surface area (Å²) in [5.41, 5.74) is 2.39. The lowest BCUT2D eigenvalue weighted by Crippen LogP contribution is -2.16. The van der Waals surface area contributed by atoms with E-state index in [4.69, 9.17) is 0 Å². The van der Waals surface area contributed by atoms with Gasteiger partial charge in [-0.25, -0.2) is 0 Å². The van der Waals surface area contributed by atoms with Crippen molar-refractivity contribution in [2.75, 3.05) is 18.5 Å². The van der Waals surface area contributed by atoms with Crippen LogP contribution in [0.4, 0.5) is 5.69 Å². The van der Waals surface area contributed by atoms with Crippen molar-refractivity contribution in [1.29, 1.82) is 0 Å². The Hall–Kier alpha value is -0.760. The molecule has 0 fully saturated rings. The van der Waals surface area contributed by atoms with E-state index in [1.54, 1.807) is 0 Å². The molecule has 0 N–H and O–H groups in total. The minimum atomic E-state index is 1.00. The highest BCUT2D eigenvalue weighted by molar-refractivity contribution is 9.10. The number of anilines is 1. The Kier molecular flexibility index (Phi) is 3.55. The Morgan fingerprint density at radius 3 is 2.77 bits per heavy atom. The minimum absolute atomic E-state index is 1.00. The maximum Gasteiger partial charge on any atom is 0.0437 e. The molecular formula is C11H14BrN. The van der Waals surface area contributed by atoms with Gasteiger partial charge in [-0.05, 0) is 30.7 Å². The van der Waals surface area contributed by atoms with Gasteiger partial charge in [-0.2, -0.15) is 0 Å². The lowest BCUT2D eigenvalue weighted by Gasteiger charge is -2.19. The number of hydrogen-bond donors (Lipinski definition) is 0. The molecule has 0 saturated heterocycles. The molecular weight excluding hydrogens is 226 g/mol. The van der Waals surface area contributed by atoms with Crippen molar-refractivity contribution in [2.24, 2.45) is 0 Å². The first kappa shape index (κ1) is 10.3. The maximum atomic E-state index is 3.80. The molecule has 1 nitrogen and oxygen atoms in total. The lowest BCUT2D eigenvalue weighted by molar-refractivity contribution is 0.966. The largest absolute Gasteiger partial charge is 0.374 e. The zero-order valence-electron chi connectivity index (χ0n) is 8.05. The van der Waals surface area contributed by atoms with Gasteiger partial charge in [-0.3, -0.25) is 0 Å². The Morgan fingerprint density at radius 1 is 1.54 bits per heavy atom. The molecule has 0 amide bonds. The van der Waals surface area contributed by atoms with Crippen LogP contribution in [0, 0.1) is 0 Å². The topological polar surface area (TPSA) is 3.24 Å². The van der Waals surface area contributed by atoms with E-state index in [1.807, 2.05) is 6.08 Å². The third kappa shape index (κ3) is 2.34. The summed E-state index contributed by atoms with van der Waals surface area (Å²) in [6, 6.07) is 6.23. The summed E-state index contributed by atoms with van der Waals surface area (Å²) in [4.78, 5) is 2.20. The van der Waals surface area contributed by atoms with Crippen molar-refractivity contribution >= 4 is 27.7 Å². The highest BCUT2D eigenvalue weighted by Crippen LogP contribution is 2.24. The van der Waals surface area contributed by atoms with E-state index in [2.05, 4.69) is 59.6 Å². The average molecular weight is 240 g/mol. The van der Waals surface area contributed by atoms with Gasteiger partial charge in [-0.15, -0.1) is 0 Å². The number of hydrogen-bond acceptors (Lipinski definition) is 1. The molecule has 0 aliphatic carbocycles. The Balaban J connectivity index is 3.13. The first-order chi connectivity index (χ1) is 6.19. The van der Waals surface area contributed by atoms with Crippen molar-refractivity contribution in [3.05, 3.63) is 34.8 Å². The van der Waals surface area contributed by atoms with Gasteiger partial charge in [0.25, 0.3) is 0 Å². The predicted molar refractivity (Wildman–Crippen MR) is 63.2 cm³/mol. The summed E-state index contributed by atoms with van der Waals surface area (Å²) in [5.74, 6) is 0. The van der Waals surface area contributed by atoms with E-state index >= 15 is 0 Å². The van der Waals surface area contributed by atoms with E-state index in [0.29, 0.717) is 0 Å². The molecule has 0 atom stereocenters. The quantitative estimate of drug-likeness (QED) is 0.780.